The van der Waals surface area contributed by atoms with Crippen LogP contribution in [0.2, 0.25) is 0 Å². The van der Waals surface area contributed by atoms with E-state index >= 15 is 0 Å². The molecule has 2 N–H and O–H groups in total. The zero-order valence-electron chi connectivity index (χ0n) is 23.7. The largest absolute Gasteiger partial charge is 0.370 e. The summed E-state index contributed by atoms with van der Waals surface area (Å²) in [5.74, 6) is -0.923. The lowest BCUT2D eigenvalue weighted by Gasteiger charge is -2.43. The Kier molecular flexibility index (Phi) is 7.88. The Morgan fingerprint density at radius 1 is 1.24 bits per heavy atom. The maximum Gasteiger partial charge on any atom is 0.225 e. The highest BCUT2D eigenvalue weighted by Crippen LogP contribution is 2.53. The molecule has 2 aromatic heterocycles. The maximum absolute atomic E-state index is 15.0. The standard InChI is InChI=1S/C30H36FN7O2S/c1-20(19-32)30(29(33)39)13-5-4-7-24(30)27-26(21(2)38(36-27)28-25(31)8-6-14-35-28)22-9-11-23(12-10-22)37-15-17-41(40,34-3)18-16-37/h6,8-12,14,20,24H,4-5,7,13,15-18H2,1-3H3,(H2,33,39)/t20-,24?,30?/m1/s1. The molecule has 1 saturated heterocycles. The summed E-state index contributed by atoms with van der Waals surface area (Å²) >= 11 is 0. The molecule has 2 unspecified atom stereocenters. The molecular formula is C30H36FN7O2S. The molecule has 2 aliphatic rings. The van der Waals surface area contributed by atoms with Gasteiger partial charge in [-0.1, -0.05) is 25.0 Å². The van der Waals surface area contributed by atoms with Crippen LogP contribution in [-0.4, -0.2) is 56.5 Å². The number of carbonyl (C=O) groups is 1. The van der Waals surface area contributed by atoms with Gasteiger partial charge in [0.2, 0.25) is 5.91 Å². The number of aromatic nitrogens is 3. The van der Waals surface area contributed by atoms with Gasteiger partial charge in [-0.05, 0) is 56.5 Å². The smallest absolute Gasteiger partial charge is 0.225 e. The van der Waals surface area contributed by atoms with Crippen LogP contribution in [0.3, 0.4) is 0 Å². The molecule has 1 saturated carbocycles. The van der Waals surface area contributed by atoms with Gasteiger partial charge in [0.25, 0.3) is 0 Å². The molecule has 0 bridgehead atoms. The zero-order valence-corrected chi connectivity index (χ0v) is 24.5. The van der Waals surface area contributed by atoms with Gasteiger partial charge in [-0.2, -0.15) is 10.4 Å². The summed E-state index contributed by atoms with van der Waals surface area (Å²) in [7, 11) is -0.498. The first kappa shape index (κ1) is 28.7. The summed E-state index contributed by atoms with van der Waals surface area (Å²) in [4.78, 5) is 19.6. The van der Waals surface area contributed by atoms with E-state index in [1.54, 1.807) is 14.0 Å². The Morgan fingerprint density at radius 2 is 1.95 bits per heavy atom. The van der Waals surface area contributed by atoms with E-state index in [4.69, 9.17) is 10.8 Å². The van der Waals surface area contributed by atoms with Crippen LogP contribution in [-0.2, 0) is 14.5 Å². The van der Waals surface area contributed by atoms with Crippen molar-refractivity contribution in [3.8, 4) is 23.0 Å². The number of anilines is 1. The molecule has 1 aromatic carbocycles. The number of benzene rings is 1. The number of halogens is 1. The molecular weight excluding hydrogens is 541 g/mol. The summed E-state index contributed by atoms with van der Waals surface area (Å²) in [5, 5.41) is 14.9. The van der Waals surface area contributed by atoms with Gasteiger partial charge in [-0.3, -0.25) is 4.79 Å². The second-order valence-electron chi connectivity index (χ2n) is 11.0. The van der Waals surface area contributed by atoms with Crippen LogP contribution in [0.5, 0.6) is 0 Å². The van der Waals surface area contributed by atoms with E-state index in [-0.39, 0.29) is 5.82 Å². The quantitative estimate of drug-likeness (QED) is 0.456. The number of nitrogens with zero attached hydrogens (tertiary/aromatic N) is 6. The number of primary amides is 1. The van der Waals surface area contributed by atoms with E-state index in [2.05, 4.69) is 20.3 Å². The lowest BCUT2D eigenvalue weighted by molar-refractivity contribution is -0.133. The van der Waals surface area contributed by atoms with Crippen LogP contribution in [0, 0.1) is 35.4 Å². The van der Waals surface area contributed by atoms with E-state index < -0.39 is 38.7 Å². The van der Waals surface area contributed by atoms with Gasteiger partial charge in [0.05, 0.1) is 28.8 Å². The van der Waals surface area contributed by atoms with Crippen LogP contribution in [0.15, 0.2) is 47.0 Å². The van der Waals surface area contributed by atoms with Crippen molar-refractivity contribution in [1.82, 2.24) is 14.8 Å². The van der Waals surface area contributed by atoms with Crippen molar-refractivity contribution in [1.29, 1.82) is 5.26 Å². The normalized spacial score (nSPS) is 23.0. The third-order valence-electron chi connectivity index (χ3n) is 9.01. The van der Waals surface area contributed by atoms with E-state index in [1.165, 1.54) is 23.0 Å². The molecule has 216 valence electrons. The molecule has 11 heteroatoms. The summed E-state index contributed by atoms with van der Waals surface area (Å²) in [6.07, 6.45) is 4.30. The Balaban J connectivity index is 1.64. The van der Waals surface area contributed by atoms with E-state index in [0.29, 0.717) is 48.8 Å². The van der Waals surface area contributed by atoms with E-state index in [1.807, 2.05) is 31.2 Å². The highest BCUT2D eigenvalue weighted by atomic mass is 32.2. The SMILES string of the molecule is CN=S1(=O)CCN(c2ccc(-c3c(C4CCCCC4(C(N)=O)[C@H](C)C#N)nn(-c4ncccc4F)c3C)cc2)CC1. The molecule has 9 nitrogen and oxygen atoms in total. The summed E-state index contributed by atoms with van der Waals surface area (Å²) in [6, 6.07) is 13.2. The first-order chi connectivity index (χ1) is 19.6. The Hall–Kier alpha value is -3.78. The predicted molar refractivity (Wildman–Crippen MR) is 158 cm³/mol. The fraction of sp³-hybridized carbons (Fsp3) is 0.467. The van der Waals surface area contributed by atoms with Crippen molar-refractivity contribution >= 4 is 21.3 Å². The molecule has 41 heavy (non-hydrogen) atoms. The van der Waals surface area contributed by atoms with Gasteiger partial charge in [-0.15, -0.1) is 0 Å². The van der Waals surface area contributed by atoms with Crippen molar-refractivity contribution in [2.75, 3.05) is 36.5 Å². The Morgan fingerprint density at radius 3 is 2.56 bits per heavy atom. The van der Waals surface area contributed by atoms with Crippen LogP contribution in [0.1, 0.15) is 49.9 Å². The van der Waals surface area contributed by atoms with Crippen LogP contribution in [0.25, 0.3) is 16.9 Å². The number of nitriles is 1. The minimum atomic E-state index is -2.12. The Bertz CT molecular complexity index is 1610. The summed E-state index contributed by atoms with van der Waals surface area (Å²) in [5.41, 5.74) is 8.95. The molecule has 0 radical (unpaired) electrons. The molecule has 3 heterocycles. The fourth-order valence-electron chi connectivity index (χ4n) is 6.58. The van der Waals surface area contributed by atoms with Gasteiger partial charge < -0.3 is 10.6 Å². The van der Waals surface area contributed by atoms with Gasteiger partial charge in [-0.25, -0.2) is 22.6 Å². The maximum atomic E-state index is 15.0. The number of rotatable bonds is 6. The van der Waals surface area contributed by atoms with Gasteiger partial charge in [0.15, 0.2) is 11.6 Å². The average molecular weight is 578 g/mol. The van der Waals surface area contributed by atoms with Crippen LogP contribution >= 0.6 is 0 Å². The van der Waals surface area contributed by atoms with Crippen molar-refractivity contribution in [3.05, 3.63) is 59.8 Å². The number of amides is 1. The topological polar surface area (TPSA) is 130 Å². The number of hydrogen-bond acceptors (Lipinski definition) is 7. The first-order valence-electron chi connectivity index (χ1n) is 14.0. The summed E-state index contributed by atoms with van der Waals surface area (Å²) < 4.78 is 33.2. The van der Waals surface area contributed by atoms with Crippen molar-refractivity contribution in [2.45, 2.75) is 45.4 Å². The third-order valence-corrected chi connectivity index (χ3v) is 11.3. The molecule has 5 rings (SSSR count). The lowest BCUT2D eigenvalue weighted by atomic mass is 9.58. The highest BCUT2D eigenvalue weighted by Gasteiger charge is 2.52. The monoisotopic (exact) mass is 577 g/mol. The molecule has 1 amide bonds. The molecule has 3 aromatic rings. The third kappa shape index (κ3) is 4.99. The molecule has 2 fully saturated rings. The second kappa shape index (κ2) is 11.2. The van der Waals surface area contributed by atoms with Crippen molar-refractivity contribution in [2.24, 2.45) is 21.4 Å². The average Bonchev–Trinajstić information content (AvgIpc) is 3.33. The molecule has 1 aliphatic carbocycles. The lowest BCUT2D eigenvalue weighted by Crippen LogP contribution is -2.48. The summed E-state index contributed by atoms with van der Waals surface area (Å²) in [6.45, 7) is 4.94. The van der Waals surface area contributed by atoms with E-state index in [0.717, 1.165) is 29.7 Å². The van der Waals surface area contributed by atoms with Gasteiger partial charge in [0.1, 0.15) is 0 Å². The number of nitrogens with two attached hydrogens (primary N) is 1. The minimum Gasteiger partial charge on any atom is -0.370 e. The minimum absolute atomic E-state index is 0.0705. The fourth-order valence-corrected chi connectivity index (χ4v) is 8.16. The van der Waals surface area contributed by atoms with E-state index in [9.17, 15) is 18.7 Å². The molecule has 1 aliphatic heterocycles. The van der Waals surface area contributed by atoms with Crippen molar-refractivity contribution < 1.29 is 13.4 Å². The Labute approximate surface area is 240 Å². The van der Waals surface area contributed by atoms with Gasteiger partial charge in [0, 0.05) is 64.7 Å². The second-order valence-corrected chi connectivity index (χ2v) is 13.7. The van der Waals surface area contributed by atoms with Gasteiger partial charge >= 0.3 is 0 Å². The number of carbonyl (C=O) groups excluding carboxylic acids is 1. The highest BCUT2D eigenvalue weighted by molar-refractivity contribution is 7.93. The number of hydrogen-bond donors (Lipinski definition) is 1. The molecule has 3 atom stereocenters. The number of pyridine rings is 1. The predicted octanol–water partition coefficient (Wildman–Crippen LogP) is 4.59. The molecule has 0 spiro atoms. The first-order valence-corrected chi connectivity index (χ1v) is 15.9. The van der Waals surface area contributed by atoms with Crippen LogP contribution in [0.4, 0.5) is 10.1 Å². The zero-order chi connectivity index (χ0) is 29.4. The van der Waals surface area contributed by atoms with Crippen LogP contribution < -0.4 is 10.6 Å². The van der Waals surface area contributed by atoms with Crippen molar-refractivity contribution in [3.63, 3.8) is 0 Å².